The molecule has 3 nitrogen and oxygen atoms in total. The first kappa shape index (κ1) is 14.2. The van der Waals surface area contributed by atoms with Crippen LogP contribution in [0.15, 0.2) is 12.7 Å². The summed E-state index contributed by atoms with van der Waals surface area (Å²) < 4.78 is 0. The van der Waals surface area contributed by atoms with Gasteiger partial charge in [0.2, 0.25) is 5.91 Å². The highest BCUT2D eigenvalue weighted by atomic mass is 16.2. The van der Waals surface area contributed by atoms with Crippen LogP contribution in [-0.4, -0.2) is 30.4 Å². The SMILES string of the molecule is C=CCCCN(C)C(=O)C(N)CCCC. The fourth-order valence-electron chi connectivity index (χ4n) is 1.41. The van der Waals surface area contributed by atoms with E-state index in [9.17, 15) is 4.79 Å². The molecule has 2 N–H and O–H groups in total. The largest absolute Gasteiger partial charge is 0.344 e. The fraction of sp³-hybridized carbons (Fsp3) is 0.750. The Balaban J connectivity index is 3.79. The zero-order valence-corrected chi connectivity index (χ0v) is 10.0. The van der Waals surface area contributed by atoms with Crippen LogP contribution in [0.1, 0.15) is 39.0 Å². The molecule has 0 aromatic carbocycles. The molecule has 0 aliphatic heterocycles. The average Bonchev–Trinajstić information content (AvgIpc) is 2.24. The van der Waals surface area contributed by atoms with Gasteiger partial charge < -0.3 is 10.6 Å². The smallest absolute Gasteiger partial charge is 0.239 e. The van der Waals surface area contributed by atoms with Crippen molar-refractivity contribution < 1.29 is 4.79 Å². The topological polar surface area (TPSA) is 46.3 Å². The molecule has 0 bridgehead atoms. The van der Waals surface area contributed by atoms with Crippen LogP contribution in [-0.2, 0) is 4.79 Å². The first-order valence-electron chi connectivity index (χ1n) is 5.75. The predicted molar refractivity (Wildman–Crippen MR) is 64.6 cm³/mol. The van der Waals surface area contributed by atoms with E-state index in [2.05, 4.69) is 13.5 Å². The average molecular weight is 212 g/mol. The van der Waals surface area contributed by atoms with Crippen molar-refractivity contribution in [1.82, 2.24) is 4.90 Å². The number of hydrogen-bond donors (Lipinski definition) is 1. The number of nitrogens with zero attached hydrogens (tertiary/aromatic N) is 1. The van der Waals surface area contributed by atoms with Crippen LogP contribution in [0.3, 0.4) is 0 Å². The maximum Gasteiger partial charge on any atom is 0.239 e. The molecule has 0 fully saturated rings. The second kappa shape index (κ2) is 8.48. The van der Waals surface area contributed by atoms with Crippen molar-refractivity contribution >= 4 is 5.91 Å². The Hall–Kier alpha value is -0.830. The first-order chi connectivity index (χ1) is 7.13. The quantitative estimate of drug-likeness (QED) is 0.493. The summed E-state index contributed by atoms with van der Waals surface area (Å²) >= 11 is 0. The van der Waals surface area contributed by atoms with Gasteiger partial charge >= 0.3 is 0 Å². The lowest BCUT2D eigenvalue weighted by Gasteiger charge is -2.20. The lowest BCUT2D eigenvalue weighted by Crippen LogP contribution is -2.42. The third-order valence-corrected chi connectivity index (χ3v) is 2.46. The van der Waals surface area contributed by atoms with Gasteiger partial charge in [0.05, 0.1) is 6.04 Å². The number of rotatable bonds is 8. The standard InChI is InChI=1S/C12H24N2O/c1-4-6-8-10-14(3)12(15)11(13)9-7-5-2/h4,11H,1,5-10,13H2,2-3H3. The Kier molecular flexibility index (Phi) is 8.01. The summed E-state index contributed by atoms with van der Waals surface area (Å²) in [4.78, 5) is 13.4. The number of carbonyl (C=O) groups excluding carboxylic acids is 1. The van der Waals surface area contributed by atoms with E-state index in [-0.39, 0.29) is 11.9 Å². The number of hydrogen-bond acceptors (Lipinski definition) is 2. The molecule has 0 aliphatic rings. The van der Waals surface area contributed by atoms with Crippen molar-refractivity contribution in [3.63, 3.8) is 0 Å². The molecule has 0 aromatic rings. The van der Waals surface area contributed by atoms with Crippen molar-refractivity contribution in [2.45, 2.75) is 45.1 Å². The molecule has 0 aliphatic carbocycles. The molecule has 1 amide bonds. The van der Waals surface area contributed by atoms with E-state index in [0.29, 0.717) is 0 Å². The number of allylic oxidation sites excluding steroid dienone is 1. The second-order valence-electron chi connectivity index (χ2n) is 3.94. The van der Waals surface area contributed by atoms with Gasteiger partial charge in [0.15, 0.2) is 0 Å². The minimum atomic E-state index is -0.321. The van der Waals surface area contributed by atoms with Crippen LogP contribution < -0.4 is 5.73 Å². The van der Waals surface area contributed by atoms with E-state index in [4.69, 9.17) is 5.73 Å². The number of nitrogens with two attached hydrogens (primary N) is 1. The molecule has 0 heterocycles. The molecule has 0 radical (unpaired) electrons. The zero-order valence-electron chi connectivity index (χ0n) is 10.0. The minimum Gasteiger partial charge on any atom is -0.344 e. The summed E-state index contributed by atoms with van der Waals surface area (Å²) in [5.41, 5.74) is 5.80. The molecule has 0 spiro atoms. The second-order valence-corrected chi connectivity index (χ2v) is 3.94. The Morgan fingerprint density at radius 3 is 2.73 bits per heavy atom. The summed E-state index contributed by atoms with van der Waals surface area (Å²) in [6.07, 6.45) is 6.68. The molecule has 88 valence electrons. The number of carbonyl (C=O) groups is 1. The highest BCUT2D eigenvalue weighted by Gasteiger charge is 2.16. The van der Waals surface area contributed by atoms with Gasteiger partial charge in [-0.25, -0.2) is 0 Å². The maximum absolute atomic E-state index is 11.7. The molecule has 1 atom stereocenters. The van der Waals surface area contributed by atoms with Crippen LogP contribution >= 0.6 is 0 Å². The summed E-state index contributed by atoms with van der Waals surface area (Å²) in [6, 6.07) is -0.321. The highest BCUT2D eigenvalue weighted by Crippen LogP contribution is 2.02. The van der Waals surface area contributed by atoms with Crippen LogP contribution in [0.25, 0.3) is 0 Å². The minimum absolute atomic E-state index is 0.0625. The summed E-state index contributed by atoms with van der Waals surface area (Å²) in [6.45, 7) is 6.52. The van der Waals surface area contributed by atoms with Crippen molar-refractivity contribution in [2.75, 3.05) is 13.6 Å². The van der Waals surface area contributed by atoms with Crippen LogP contribution in [0.2, 0.25) is 0 Å². The van der Waals surface area contributed by atoms with Crippen LogP contribution in [0.5, 0.6) is 0 Å². The van der Waals surface area contributed by atoms with Crippen LogP contribution in [0.4, 0.5) is 0 Å². The van der Waals surface area contributed by atoms with Gasteiger partial charge in [-0.1, -0.05) is 25.8 Å². The zero-order chi connectivity index (χ0) is 11.7. The monoisotopic (exact) mass is 212 g/mol. The third-order valence-electron chi connectivity index (χ3n) is 2.46. The summed E-state index contributed by atoms with van der Waals surface area (Å²) in [5.74, 6) is 0.0625. The predicted octanol–water partition coefficient (Wildman–Crippen LogP) is 1.93. The van der Waals surface area contributed by atoms with Crippen molar-refractivity contribution in [3.8, 4) is 0 Å². The Morgan fingerprint density at radius 2 is 2.20 bits per heavy atom. The lowest BCUT2D eigenvalue weighted by molar-refractivity contribution is -0.131. The Labute approximate surface area is 93.3 Å². The normalized spacial score (nSPS) is 12.2. The lowest BCUT2D eigenvalue weighted by atomic mass is 10.1. The van der Waals surface area contributed by atoms with Crippen molar-refractivity contribution in [3.05, 3.63) is 12.7 Å². The van der Waals surface area contributed by atoms with E-state index in [1.54, 1.807) is 4.90 Å². The summed E-state index contributed by atoms with van der Waals surface area (Å²) in [5, 5.41) is 0. The molecule has 0 rings (SSSR count). The van der Waals surface area contributed by atoms with Gasteiger partial charge in [0, 0.05) is 13.6 Å². The summed E-state index contributed by atoms with van der Waals surface area (Å²) in [7, 11) is 1.82. The van der Waals surface area contributed by atoms with Gasteiger partial charge in [-0.2, -0.15) is 0 Å². The fourth-order valence-corrected chi connectivity index (χ4v) is 1.41. The van der Waals surface area contributed by atoms with Crippen LogP contribution in [0, 0.1) is 0 Å². The number of amides is 1. The van der Waals surface area contributed by atoms with Gasteiger partial charge in [0.1, 0.15) is 0 Å². The van der Waals surface area contributed by atoms with E-state index in [0.717, 1.165) is 38.6 Å². The molecule has 0 aromatic heterocycles. The molecule has 0 saturated carbocycles. The molecule has 3 heteroatoms. The molecular formula is C12H24N2O. The maximum atomic E-state index is 11.7. The molecular weight excluding hydrogens is 188 g/mol. The first-order valence-corrected chi connectivity index (χ1v) is 5.75. The van der Waals surface area contributed by atoms with E-state index >= 15 is 0 Å². The van der Waals surface area contributed by atoms with E-state index < -0.39 is 0 Å². The highest BCUT2D eigenvalue weighted by molar-refractivity contribution is 5.81. The molecule has 1 unspecified atom stereocenters. The van der Waals surface area contributed by atoms with E-state index in [1.807, 2.05) is 13.1 Å². The van der Waals surface area contributed by atoms with Crippen molar-refractivity contribution in [2.24, 2.45) is 5.73 Å². The van der Waals surface area contributed by atoms with Gasteiger partial charge in [-0.15, -0.1) is 6.58 Å². The molecule has 15 heavy (non-hydrogen) atoms. The number of unbranched alkanes of at least 4 members (excludes halogenated alkanes) is 2. The Morgan fingerprint density at radius 1 is 1.53 bits per heavy atom. The van der Waals surface area contributed by atoms with Gasteiger partial charge in [-0.05, 0) is 19.3 Å². The Bertz CT molecular complexity index is 192. The van der Waals surface area contributed by atoms with Gasteiger partial charge in [0.25, 0.3) is 0 Å². The van der Waals surface area contributed by atoms with Gasteiger partial charge in [-0.3, -0.25) is 4.79 Å². The number of likely N-dealkylation sites (N-methyl/N-ethyl adjacent to an activating group) is 1. The molecule has 0 saturated heterocycles. The van der Waals surface area contributed by atoms with Crippen molar-refractivity contribution in [1.29, 1.82) is 0 Å². The van der Waals surface area contributed by atoms with E-state index in [1.165, 1.54) is 0 Å². The third kappa shape index (κ3) is 6.28.